The molecule has 1 aliphatic heterocycles. The summed E-state index contributed by atoms with van der Waals surface area (Å²) in [5.74, 6) is 3.23. The summed E-state index contributed by atoms with van der Waals surface area (Å²) >= 11 is 3.43. The quantitative estimate of drug-likeness (QED) is 0.249. The third kappa shape index (κ3) is 5.32. The molecular weight excluding hydrogens is 538 g/mol. The van der Waals surface area contributed by atoms with E-state index in [2.05, 4.69) is 21.0 Å². The van der Waals surface area contributed by atoms with Gasteiger partial charge in [-0.25, -0.2) is 4.98 Å². The number of halogens is 1. The summed E-state index contributed by atoms with van der Waals surface area (Å²) in [6, 6.07) is 16.7. The Balaban J connectivity index is 1.42. The molecule has 1 aromatic heterocycles. The Morgan fingerprint density at radius 1 is 1.05 bits per heavy atom. The molecule has 0 N–H and O–H groups in total. The van der Waals surface area contributed by atoms with E-state index in [1.54, 1.807) is 12.3 Å². The lowest BCUT2D eigenvalue weighted by molar-refractivity contribution is 0.174. The van der Waals surface area contributed by atoms with E-state index in [9.17, 15) is 4.79 Å². The van der Waals surface area contributed by atoms with Gasteiger partial charge in [-0.15, -0.1) is 0 Å². The topological polar surface area (TPSA) is 84.2 Å². The minimum atomic E-state index is -0.222. The van der Waals surface area contributed by atoms with Gasteiger partial charge in [0.2, 0.25) is 6.79 Å². The molecule has 0 atom stereocenters. The lowest BCUT2D eigenvalue weighted by Crippen LogP contribution is -2.23. The Morgan fingerprint density at radius 3 is 2.70 bits per heavy atom. The predicted octanol–water partition coefficient (Wildman–Crippen LogP) is 5.87. The minimum absolute atomic E-state index is 0.00355. The van der Waals surface area contributed by atoms with Crippen LogP contribution in [0, 0.1) is 0 Å². The molecule has 0 unspecified atom stereocenters. The van der Waals surface area contributed by atoms with Crippen molar-refractivity contribution >= 4 is 33.0 Å². The van der Waals surface area contributed by atoms with Crippen molar-refractivity contribution in [1.82, 2.24) is 9.66 Å². The monoisotopic (exact) mass is 563 g/mol. The van der Waals surface area contributed by atoms with Crippen LogP contribution in [-0.2, 0) is 6.61 Å². The van der Waals surface area contributed by atoms with Gasteiger partial charge in [-0.05, 0) is 66.6 Å². The van der Waals surface area contributed by atoms with Crippen molar-refractivity contribution in [3.63, 3.8) is 0 Å². The lowest BCUT2D eigenvalue weighted by Gasteiger charge is -2.13. The Bertz CT molecular complexity index is 1550. The molecule has 190 valence electrons. The van der Waals surface area contributed by atoms with Gasteiger partial charge in [0.15, 0.2) is 23.0 Å². The van der Waals surface area contributed by atoms with E-state index in [4.69, 9.17) is 23.9 Å². The second-order valence-electron chi connectivity index (χ2n) is 8.76. The average Bonchev–Trinajstić information content (AvgIpc) is 3.36. The van der Waals surface area contributed by atoms with Gasteiger partial charge >= 0.3 is 0 Å². The third-order valence-corrected chi connectivity index (χ3v) is 6.26. The zero-order chi connectivity index (χ0) is 25.9. The number of fused-ring (bicyclic) bond motifs is 2. The normalized spacial score (nSPS) is 12.6. The van der Waals surface area contributed by atoms with E-state index in [1.807, 2.05) is 69.3 Å². The zero-order valence-corrected chi connectivity index (χ0v) is 22.3. The molecule has 0 radical (unpaired) electrons. The molecular formula is C28H26BrN3O5. The molecule has 37 heavy (non-hydrogen) atoms. The number of rotatable bonds is 8. The molecule has 9 heteroatoms. The molecule has 0 spiro atoms. The van der Waals surface area contributed by atoms with Crippen molar-refractivity contribution in [2.24, 2.45) is 5.10 Å². The standard InChI is InChI=1S/C28H26BrN3O5/c1-4-34-25-11-18(5-9-23(25)35-15-19-6-10-24-26(12-19)37-16-36-24)14-30-32-27(17(2)3)31-22-8-7-20(29)13-21(22)28(32)33/h5-14,17H,4,15-16H2,1-3H3. The smallest absolute Gasteiger partial charge is 0.282 e. The second kappa shape index (κ2) is 10.6. The Morgan fingerprint density at radius 2 is 1.89 bits per heavy atom. The highest BCUT2D eigenvalue weighted by Crippen LogP contribution is 2.34. The first-order valence-electron chi connectivity index (χ1n) is 12.0. The van der Waals surface area contributed by atoms with Crippen molar-refractivity contribution in [2.75, 3.05) is 13.4 Å². The lowest BCUT2D eigenvalue weighted by atomic mass is 10.2. The minimum Gasteiger partial charge on any atom is -0.490 e. The van der Waals surface area contributed by atoms with E-state index in [0.29, 0.717) is 47.2 Å². The van der Waals surface area contributed by atoms with Crippen LogP contribution in [0.2, 0.25) is 0 Å². The number of hydrogen-bond donors (Lipinski definition) is 0. The van der Waals surface area contributed by atoms with Gasteiger partial charge in [-0.1, -0.05) is 35.8 Å². The van der Waals surface area contributed by atoms with E-state index in [0.717, 1.165) is 21.3 Å². The molecule has 2 heterocycles. The largest absolute Gasteiger partial charge is 0.490 e. The van der Waals surface area contributed by atoms with Crippen LogP contribution >= 0.6 is 15.9 Å². The van der Waals surface area contributed by atoms with E-state index in [-0.39, 0.29) is 18.3 Å². The number of aromatic nitrogens is 2. The summed E-state index contributed by atoms with van der Waals surface area (Å²) in [6.45, 7) is 6.93. The van der Waals surface area contributed by atoms with Gasteiger partial charge in [-0.2, -0.15) is 9.78 Å². The van der Waals surface area contributed by atoms with Crippen LogP contribution < -0.4 is 24.5 Å². The first kappa shape index (κ1) is 24.8. The zero-order valence-electron chi connectivity index (χ0n) is 20.7. The molecule has 0 bridgehead atoms. The summed E-state index contributed by atoms with van der Waals surface area (Å²) < 4.78 is 24.9. The third-order valence-electron chi connectivity index (χ3n) is 5.77. The van der Waals surface area contributed by atoms with Crippen LogP contribution in [0.4, 0.5) is 0 Å². The van der Waals surface area contributed by atoms with Gasteiger partial charge in [0, 0.05) is 10.4 Å². The van der Waals surface area contributed by atoms with Crippen LogP contribution in [0.25, 0.3) is 10.9 Å². The highest BCUT2D eigenvalue weighted by atomic mass is 79.9. The summed E-state index contributed by atoms with van der Waals surface area (Å²) in [5, 5.41) is 5.01. The average molecular weight is 564 g/mol. The number of ether oxygens (including phenoxy) is 4. The molecule has 0 amide bonds. The maximum atomic E-state index is 13.3. The second-order valence-corrected chi connectivity index (χ2v) is 9.68. The molecule has 8 nitrogen and oxygen atoms in total. The van der Waals surface area contributed by atoms with Crippen molar-refractivity contribution in [3.05, 3.63) is 86.4 Å². The van der Waals surface area contributed by atoms with Crippen LogP contribution in [0.5, 0.6) is 23.0 Å². The maximum absolute atomic E-state index is 13.3. The molecule has 0 fully saturated rings. The molecule has 4 aromatic rings. The number of hydrogen-bond acceptors (Lipinski definition) is 7. The highest BCUT2D eigenvalue weighted by molar-refractivity contribution is 9.10. The van der Waals surface area contributed by atoms with Gasteiger partial charge in [-0.3, -0.25) is 4.79 Å². The predicted molar refractivity (Wildman–Crippen MR) is 145 cm³/mol. The first-order chi connectivity index (χ1) is 17.9. The molecule has 0 saturated carbocycles. The van der Waals surface area contributed by atoms with Gasteiger partial charge in [0.25, 0.3) is 5.56 Å². The van der Waals surface area contributed by atoms with Crippen molar-refractivity contribution in [1.29, 1.82) is 0 Å². The molecule has 1 aliphatic rings. The van der Waals surface area contributed by atoms with Crippen LogP contribution in [0.3, 0.4) is 0 Å². The van der Waals surface area contributed by atoms with Crippen molar-refractivity contribution in [3.8, 4) is 23.0 Å². The Labute approximate surface area is 222 Å². The molecule has 5 rings (SSSR count). The van der Waals surface area contributed by atoms with E-state index >= 15 is 0 Å². The maximum Gasteiger partial charge on any atom is 0.282 e. The van der Waals surface area contributed by atoms with Crippen LogP contribution in [0.1, 0.15) is 43.6 Å². The van der Waals surface area contributed by atoms with Gasteiger partial charge < -0.3 is 18.9 Å². The number of benzene rings is 3. The molecule has 0 saturated heterocycles. The summed E-state index contributed by atoms with van der Waals surface area (Å²) in [4.78, 5) is 18.0. The fraction of sp³-hybridized carbons (Fsp3) is 0.250. The summed E-state index contributed by atoms with van der Waals surface area (Å²) in [6.07, 6.45) is 1.63. The van der Waals surface area contributed by atoms with Crippen molar-refractivity contribution in [2.45, 2.75) is 33.3 Å². The molecule has 3 aromatic carbocycles. The van der Waals surface area contributed by atoms with Crippen LogP contribution in [0.15, 0.2) is 69.0 Å². The fourth-order valence-electron chi connectivity index (χ4n) is 3.96. The van der Waals surface area contributed by atoms with Gasteiger partial charge in [0.1, 0.15) is 12.4 Å². The highest BCUT2D eigenvalue weighted by Gasteiger charge is 2.15. The van der Waals surface area contributed by atoms with E-state index in [1.165, 1.54) is 4.68 Å². The van der Waals surface area contributed by atoms with Crippen molar-refractivity contribution < 1.29 is 18.9 Å². The first-order valence-corrected chi connectivity index (χ1v) is 12.8. The number of nitrogens with zero attached hydrogens (tertiary/aromatic N) is 3. The molecule has 0 aliphatic carbocycles. The Hall–Kier alpha value is -3.85. The SMILES string of the molecule is CCOc1cc(C=Nn2c(C(C)C)nc3ccc(Br)cc3c2=O)ccc1OCc1ccc2c(c1)OCO2. The summed E-state index contributed by atoms with van der Waals surface area (Å²) in [5.41, 5.74) is 2.13. The fourth-order valence-corrected chi connectivity index (χ4v) is 4.32. The van der Waals surface area contributed by atoms with E-state index < -0.39 is 0 Å². The Kier molecular flexibility index (Phi) is 7.14. The van der Waals surface area contributed by atoms with Gasteiger partial charge in [0.05, 0.1) is 23.7 Å². The summed E-state index contributed by atoms with van der Waals surface area (Å²) in [7, 11) is 0. The van der Waals surface area contributed by atoms with Crippen LogP contribution in [-0.4, -0.2) is 29.3 Å².